The van der Waals surface area contributed by atoms with Gasteiger partial charge in [0, 0.05) is 22.3 Å². The lowest BCUT2D eigenvalue weighted by Crippen LogP contribution is -2.10. The molecule has 0 amide bonds. The molecule has 3 aromatic carbocycles. The second-order valence-electron chi connectivity index (χ2n) is 7.56. The van der Waals surface area contributed by atoms with Crippen LogP contribution in [0.5, 0.6) is 5.75 Å². The van der Waals surface area contributed by atoms with Gasteiger partial charge in [0.2, 0.25) is 0 Å². The van der Waals surface area contributed by atoms with Gasteiger partial charge >= 0.3 is 11.9 Å². The highest BCUT2D eigenvalue weighted by molar-refractivity contribution is 6.30. The van der Waals surface area contributed by atoms with Crippen LogP contribution in [0.3, 0.4) is 0 Å². The molecular weight excluding hydrogens is 468 g/mol. The van der Waals surface area contributed by atoms with Crippen LogP contribution < -0.4 is 10.1 Å². The van der Waals surface area contributed by atoms with Gasteiger partial charge in [-0.2, -0.15) is 0 Å². The van der Waals surface area contributed by atoms with Crippen LogP contribution >= 0.6 is 11.6 Å². The number of rotatable bonds is 8. The minimum atomic E-state index is -0.518. The minimum absolute atomic E-state index is 0.220. The fourth-order valence-electron chi connectivity index (χ4n) is 3.46. The molecule has 7 nitrogen and oxygen atoms in total. The molecule has 4 rings (SSSR count). The van der Waals surface area contributed by atoms with Crippen molar-refractivity contribution in [3.05, 3.63) is 94.6 Å². The first kappa shape index (κ1) is 24.0. The lowest BCUT2D eigenvalue weighted by atomic mass is 10.1. The molecule has 0 spiro atoms. The summed E-state index contributed by atoms with van der Waals surface area (Å²) < 4.78 is 15.9. The van der Waals surface area contributed by atoms with Crippen molar-refractivity contribution in [2.45, 2.75) is 13.5 Å². The van der Waals surface area contributed by atoms with Crippen molar-refractivity contribution < 1.29 is 23.8 Å². The Kier molecular flexibility index (Phi) is 7.48. The summed E-state index contributed by atoms with van der Waals surface area (Å²) in [5, 5.41) is 4.54. The predicted molar refractivity (Wildman–Crippen MR) is 135 cm³/mol. The number of carbonyl (C=O) groups is 2. The molecule has 0 saturated carbocycles. The summed E-state index contributed by atoms with van der Waals surface area (Å²) in [7, 11) is 1.32. The Labute approximate surface area is 207 Å². The largest absolute Gasteiger partial charge is 0.489 e. The van der Waals surface area contributed by atoms with Crippen LogP contribution in [-0.4, -0.2) is 30.6 Å². The van der Waals surface area contributed by atoms with Gasteiger partial charge in [-0.1, -0.05) is 23.7 Å². The molecule has 8 heteroatoms. The Bertz CT molecular complexity index is 1350. The third-order valence-electron chi connectivity index (χ3n) is 5.23. The van der Waals surface area contributed by atoms with E-state index in [9.17, 15) is 9.59 Å². The van der Waals surface area contributed by atoms with Gasteiger partial charge in [0.05, 0.1) is 30.5 Å². The number of anilines is 2. The molecule has 4 aromatic rings. The summed E-state index contributed by atoms with van der Waals surface area (Å²) >= 11 is 5.93. The molecule has 0 aliphatic carbocycles. The number of halogens is 1. The van der Waals surface area contributed by atoms with E-state index in [1.807, 2.05) is 48.5 Å². The summed E-state index contributed by atoms with van der Waals surface area (Å²) in [4.78, 5) is 29.1. The summed E-state index contributed by atoms with van der Waals surface area (Å²) in [6.07, 6.45) is 1.46. The lowest BCUT2D eigenvalue weighted by molar-refractivity contribution is 0.0526. The summed E-state index contributed by atoms with van der Waals surface area (Å²) in [5.74, 6) is -0.318. The number of nitrogens with one attached hydrogen (secondary N) is 1. The molecular formula is C27H23ClN2O5. The number of hydrogen-bond acceptors (Lipinski definition) is 7. The van der Waals surface area contributed by atoms with Crippen LogP contribution in [0.4, 0.5) is 11.4 Å². The van der Waals surface area contributed by atoms with Crippen LogP contribution in [0.25, 0.3) is 10.9 Å². The molecule has 1 N–H and O–H groups in total. The first-order valence-corrected chi connectivity index (χ1v) is 11.3. The van der Waals surface area contributed by atoms with E-state index in [2.05, 4.69) is 10.3 Å². The molecule has 35 heavy (non-hydrogen) atoms. The molecule has 1 heterocycles. The number of aromatic nitrogens is 1. The maximum absolute atomic E-state index is 12.6. The van der Waals surface area contributed by atoms with Crippen molar-refractivity contribution >= 4 is 45.8 Å². The minimum Gasteiger partial charge on any atom is -0.489 e. The number of esters is 2. The Morgan fingerprint density at radius 1 is 0.971 bits per heavy atom. The zero-order chi connectivity index (χ0) is 24.8. The van der Waals surface area contributed by atoms with Crippen molar-refractivity contribution in [3.8, 4) is 5.75 Å². The number of benzene rings is 3. The zero-order valence-corrected chi connectivity index (χ0v) is 20.0. The average Bonchev–Trinajstić information content (AvgIpc) is 2.88. The van der Waals surface area contributed by atoms with E-state index in [4.69, 9.17) is 25.8 Å². The van der Waals surface area contributed by atoms with E-state index in [0.29, 0.717) is 45.2 Å². The zero-order valence-electron chi connectivity index (χ0n) is 19.2. The van der Waals surface area contributed by atoms with E-state index >= 15 is 0 Å². The van der Waals surface area contributed by atoms with Crippen LogP contribution in [0.2, 0.25) is 5.02 Å². The van der Waals surface area contributed by atoms with Gasteiger partial charge in [-0.25, -0.2) is 9.59 Å². The first-order valence-electron chi connectivity index (χ1n) is 10.9. The van der Waals surface area contributed by atoms with Gasteiger partial charge < -0.3 is 19.5 Å². The number of carbonyl (C=O) groups excluding carboxylic acids is 2. The number of fused-ring (bicyclic) bond motifs is 1. The molecule has 0 aliphatic heterocycles. The van der Waals surface area contributed by atoms with Crippen molar-refractivity contribution in [3.63, 3.8) is 0 Å². The Morgan fingerprint density at radius 2 is 1.71 bits per heavy atom. The molecule has 0 atom stereocenters. The Hall–Kier alpha value is -4.10. The third kappa shape index (κ3) is 5.70. The van der Waals surface area contributed by atoms with Crippen molar-refractivity contribution in [1.29, 1.82) is 0 Å². The van der Waals surface area contributed by atoms with E-state index in [-0.39, 0.29) is 12.2 Å². The number of pyridine rings is 1. The number of nitrogens with zero attached hydrogens (tertiary/aromatic N) is 1. The van der Waals surface area contributed by atoms with Gasteiger partial charge in [-0.3, -0.25) is 4.98 Å². The van der Waals surface area contributed by atoms with Crippen LogP contribution in [0, 0.1) is 0 Å². The Balaban J connectivity index is 1.63. The van der Waals surface area contributed by atoms with Crippen LogP contribution in [-0.2, 0) is 16.1 Å². The van der Waals surface area contributed by atoms with Gasteiger partial charge in [0.25, 0.3) is 0 Å². The van der Waals surface area contributed by atoms with Gasteiger partial charge in [-0.15, -0.1) is 0 Å². The number of ether oxygens (including phenoxy) is 3. The fourth-order valence-corrected chi connectivity index (χ4v) is 3.59. The van der Waals surface area contributed by atoms with E-state index in [1.54, 1.807) is 25.1 Å². The number of methoxy groups -OCH3 is 1. The van der Waals surface area contributed by atoms with E-state index < -0.39 is 11.9 Å². The molecule has 0 saturated heterocycles. The molecule has 0 bridgehead atoms. The topological polar surface area (TPSA) is 86.8 Å². The second-order valence-corrected chi connectivity index (χ2v) is 7.99. The van der Waals surface area contributed by atoms with Gasteiger partial charge in [0.15, 0.2) is 0 Å². The van der Waals surface area contributed by atoms with Crippen molar-refractivity contribution in [2.75, 3.05) is 19.0 Å². The molecule has 0 aliphatic rings. The highest BCUT2D eigenvalue weighted by Gasteiger charge is 2.18. The quantitative estimate of drug-likeness (QED) is 0.295. The lowest BCUT2D eigenvalue weighted by Gasteiger charge is -2.15. The molecule has 0 radical (unpaired) electrons. The van der Waals surface area contributed by atoms with Gasteiger partial charge in [-0.05, 0) is 67.1 Å². The predicted octanol–water partition coefficient (Wildman–Crippen LogP) is 6.17. The second kappa shape index (κ2) is 10.9. The molecule has 0 unspecified atom stereocenters. The number of hydrogen-bond donors (Lipinski definition) is 1. The van der Waals surface area contributed by atoms with Crippen molar-refractivity contribution in [1.82, 2.24) is 4.98 Å². The maximum atomic E-state index is 12.6. The monoisotopic (exact) mass is 490 g/mol. The molecule has 1 aromatic heterocycles. The molecule has 178 valence electrons. The third-order valence-corrected chi connectivity index (χ3v) is 5.48. The Morgan fingerprint density at radius 3 is 2.40 bits per heavy atom. The van der Waals surface area contributed by atoms with Crippen LogP contribution in [0.1, 0.15) is 33.2 Å². The van der Waals surface area contributed by atoms with E-state index in [0.717, 1.165) is 5.56 Å². The summed E-state index contributed by atoms with van der Waals surface area (Å²) in [6, 6.07) is 19.7. The summed E-state index contributed by atoms with van der Waals surface area (Å²) in [6.45, 7) is 2.36. The smallest absolute Gasteiger partial charge is 0.341 e. The SMILES string of the molecule is CCOC(=O)c1cnc2ccc(C(=O)OC)cc2c1Nc1ccc(OCc2ccc(Cl)cc2)cc1. The normalized spacial score (nSPS) is 10.6. The molecule has 0 fully saturated rings. The van der Waals surface area contributed by atoms with Crippen molar-refractivity contribution in [2.24, 2.45) is 0 Å². The highest BCUT2D eigenvalue weighted by atomic mass is 35.5. The maximum Gasteiger partial charge on any atom is 0.341 e. The average molecular weight is 491 g/mol. The van der Waals surface area contributed by atoms with E-state index in [1.165, 1.54) is 13.3 Å². The van der Waals surface area contributed by atoms with Crippen LogP contribution in [0.15, 0.2) is 72.9 Å². The summed E-state index contributed by atoms with van der Waals surface area (Å²) in [5.41, 5.74) is 3.40. The first-order chi connectivity index (χ1) is 17.0. The van der Waals surface area contributed by atoms with Gasteiger partial charge in [0.1, 0.15) is 17.9 Å². The standard InChI is InChI=1S/C27H23ClN2O5/c1-3-34-27(32)23-15-29-24-13-6-18(26(31)33-2)14-22(24)25(23)30-20-9-11-21(12-10-20)35-16-17-4-7-19(28)8-5-17/h4-15H,3,16H2,1-2H3,(H,29,30). The fraction of sp³-hybridized carbons (Fsp3) is 0.148. The highest BCUT2D eigenvalue weighted by Crippen LogP contribution is 2.31.